The van der Waals surface area contributed by atoms with Crippen molar-refractivity contribution in [2.75, 3.05) is 25.6 Å². The lowest BCUT2D eigenvalue weighted by Crippen LogP contribution is -2.07. The predicted octanol–water partition coefficient (Wildman–Crippen LogP) is 1.25. The van der Waals surface area contributed by atoms with Gasteiger partial charge in [-0.3, -0.25) is 0 Å². The molecule has 15 heavy (non-hydrogen) atoms. The molecule has 2 aromatic rings. The van der Waals surface area contributed by atoms with Gasteiger partial charge in [-0.1, -0.05) is 5.16 Å². The Bertz CT molecular complexity index is 400. The Morgan fingerprint density at radius 1 is 1.60 bits per heavy atom. The van der Waals surface area contributed by atoms with Crippen LogP contribution in [0.5, 0.6) is 0 Å². The second-order valence-corrected chi connectivity index (χ2v) is 3.44. The number of aromatic nitrogens is 3. The van der Waals surface area contributed by atoms with Crippen molar-refractivity contribution in [2.24, 2.45) is 0 Å². The molecule has 0 amide bonds. The molecule has 0 fully saturated rings. The third kappa shape index (κ3) is 2.51. The predicted molar refractivity (Wildman–Crippen MR) is 55.8 cm³/mol. The molecule has 0 spiro atoms. The lowest BCUT2D eigenvalue weighted by atomic mass is 10.5. The van der Waals surface area contributed by atoms with Crippen LogP contribution < -0.4 is 5.32 Å². The molecular weight excluding hydrogens is 216 g/mol. The number of methoxy groups -OCH3 is 1. The molecule has 0 radical (unpaired) electrons. The van der Waals surface area contributed by atoms with Gasteiger partial charge >= 0.3 is 6.01 Å². The Hall–Kier alpha value is -1.47. The summed E-state index contributed by atoms with van der Waals surface area (Å²) >= 11 is 1.49. The standard InChI is InChI=1S/C8H10N4O2S/c1-13-3-2-9-8-11-7(12-14-8)6-4-15-5-10-6/h4-5H,2-3H2,1H3,(H,9,11,12). The van der Waals surface area contributed by atoms with Crippen LogP contribution in [0.25, 0.3) is 11.5 Å². The largest absolute Gasteiger partial charge is 0.383 e. The van der Waals surface area contributed by atoms with Gasteiger partial charge in [-0.15, -0.1) is 11.3 Å². The van der Waals surface area contributed by atoms with E-state index >= 15 is 0 Å². The van der Waals surface area contributed by atoms with Crippen molar-refractivity contribution in [2.45, 2.75) is 0 Å². The molecule has 0 bridgehead atoms. The number of ether oxygens (including phenoxy) is 1. The molecule has 0 atom stereocenters. The van der Waals surface area contributed by atoms with Crippen molar-refractivity contribution in [3.63, 3.8) is 0 Å². The van der Waals surface area contributed by atoms with Crippen LogP contribution in [-0.2, 0) is 4.74 Å². The van der Waals surface area contributed by atoms with Crippen LogP contribution in [-0.4, -0.2) is 35.4 Å². The van der Waals surface area contributed by atoms with Gasteiger partial charge in [0.25, 0.3) is 0 Å². The molecule has 2 heterocycles. The number of thiazole rings is 1. The lowest BCUT2D eigenvalue weighted by molar-refractivity contribution is 0.210. The van der Waals surface area contributed by atoms with Crippen molar-refractivity contribution in [1.29, 1.82) is 0 Å². The molecule has 0 aliphatic rings. The van der Waals surface area contributed by atoms with Crippen LogP contribution >= 0.6 is 11.3 Å². The summed E-state index contributed by atoms with van der Waals surface area (Å²) in [6.07, 6.45) is 0. The summed E-state index contributed by atoms with van der Waals surface area (Å²) < 4.78 is 9.85. The third-order valence-corrected chi connectivity index (χ3v) is 2.26. The first-order chi connectivity index (χ1) is 7.40. The summed E-state index contributed by atoms with van der Waals surface area (Å²) in [6, 6.07) is 0.384. The zero-order valence-electron chi connectivity index (χ0n) is 8.14. The SMILES string of the molecule is COCCNc1nc(-c2cscn2)no1. The Labute approximate surface area is 90.3 Å². The normalized spacial score (nSPS) is 10.5. The highest BCUT2D eigenvalue weighted by Gasteiger charge is 2.08. The third-order valence-electron chi connectivity index (χ3n) is 1.67. The average Bonchev–Trinajstić information content (AvgIpc) is 2.87. The van der Waals surface area contributed by atoms with Gasteiger partial charge in [0, 0.05) is 19.0 Å². The second-order valence-electron chi connectivity index (χ2n) is 2.72. The molecule has 0 saturated carbocycles. The summed E-state index contributed by atoms with van der Waals surface area (Å²) in [7, 11) is 1.64. The zero-order valence-corrected chi connectivity index (χ0v) is 8.95. The molecular formula is C8H10N4O2S. The van der Waals surface area contributed by atoms with Gasteiger partial charge in [-0.25, -0.2) is 4.98 Å². The number of anilines is 1. The molecule has 0 aromatic carbocycles. The van der Waals surface area contributed by atoms with Crippen LogP contribution in [0.1, 0.15) is 0 Å². The number of nitrogens with zero attached hydrogens (tertiary/aromatic N) is 3. The maximum atomic E-state index is 4.97. The monoisotopic (exact) mass is 226 g/mol. The summed E-state index contributed by atoms with van der Waals surface area (Å²) in [4.78, 5) is 8.20. The van der Waals surface area contributed by atoms with E-state index in [4.69, 9.17) is 9.26 Å². The minimum Gasteiger partial charge on any atom is -0.383 e. The van der Waals surface area contributed by atoms with E-state index in [-0.39, 0.29) is 0 Å². The Balaban J connectivity index is 1.98. The molecule has 7 heteroatoms. The minimum absolute atomic E-state index is 0.384. The molecule has 2 rings (SSSR count). The maximum absolute atomic E-state index is 4.97. The number of hydrogen-bond acceptors (Lipinski definition) is 7. The van der Waals surface area contributed by atoms with Gasteiger partial charge in [0.05, 0.1) is 12.1 Å². The van der Waals surface area contributed by atoms with E-state index in [1.807, 2.05) is 5.38 Å². The molecule has 2 aromatic heterocycles. The Morgan fingerprint density at radius 3 is 3.27 bits per heavy atom. The molecule has 80 valence electrons. The Morgan fingerprint density at radius 2 is 2.53 bits per heavy atom. The quantitative estimate of drug-likeness (QED) is 0.773. The van der Waals surface area contributed by atoms with Crippen molar-refractivity contribution in [1.82, 2.24) is 15.1 Å². The van der Waals surface area contributed by atoms with Crippen LogP contribution in [0.4, 0.5) is 6.01 Å². The number of hydrogen-bond donors (Lipinski definition) is 1. The van der Waals surface area contributed by atoms with Gasteiger partial charge < -0.3 is 14.6 Å². The summed E-state index contributed by atoms with van der Waals surface area (Å²) in [5.41, 5.74) is 2.45. The lowest BCUT2D eigenvalue weighted by Gasteiger charge is -1.97. The van der Waals surface area contributed by atoms with Crippen molar-refractivity contribution in [3.05, 3.63) is 10.9 Å². The van der Waals surface area contributed by atoms with Crippen LogP contribution in [0, 0.1) is 0 Å². The topological polar surface area (TPSA) is 73.1 Å². The zero-order chi connectivity index (χ0) is 10.5. The first-order valence-corrected chi connectivity index (χ1v) is 5.29. The smallest absolute Gasteiger partial charge is 0.321 e. The van der Waals surface area contributed by atoms with Crippen molar-refractivity contribution in [3.8, 4) is 11.5 Å². The molecule has 6 nitrogen and oxygen atoms in total. The highest BCUT2D eigenvalue weighted by molar-refractivity contribution is 7.07. The van der Waals surface area contributed by atoms with Gasteiger partial charge in [-0.05, 0) is 0 Å². The molecule has 1 N–H and O–H groups in total. The minimum atomic E-state index is 0.384. The van der Waals surface area contributed by atoms with Crippen LogP contribution in [0.3, 0.4) is 0 Å². The van der Waals surface area contributed by atoms with Crippen molar-refractivity contribution >= 4 is 17.4 Å². The van der Waals surface area contributed by atoms with E-state index < -0.39 is 0 Å². The van der Waals surface area contributed by atoms with Gasteiger partial charge in [-0.2, -0.15) is 4.98 Å². The summed E-state index contributed by atoms with van der Waals surface area (Å²) in [5, 5.41) is 8.60. The molecule has 0 aliphatic heterocycles. The summed E-state index contributed by atoms with van der Waals surface area (Å²) in [6.45, 7) is 1.23. The fourth-order valence-electron chi connectivity index (χ4n) is 0.982. The van der Waals surface area contributed by atoms with E-state index in [0.29, 0.717) is 25.0 Å². The van der Waals surface area contributed by atoms with E-state index in [9.17, 15) is 0 Å². The summed E-state index contributed by atoms with van der Waals surface area (Å²) in [5.74, 6) is 0.496. The van der Waals surface area contributed by atoms with E-state index in [2.05, 4.69) is 20.4 Å². The number of nitrogens with one attached hydrogen (secondary N) is 1. The van der Waals surface area contributed by atoms with E-state index in [0.717, 1.165) is 5.69 Å². The number of rotatable bonds is 5. The fourth-order valence-corrected chi connectivity index (χ4v) is 1.51. The van der Waals surface area contributed by atoms with Crippen LogP contribution in [0.2, 0.25) is 0 Å². The van der Waals surface area contributed by atoms with Gasteiger partial charge in [0.15, 0.2) is 0 Å². The molecule has 0 unspecified atom stereocenters. The van der Waals surface area contributed by atoms with Gasteiger partial charge in [0.2, 0.25) is 5.82 Å². The van der Waals surface area contributed by atoms with Crippen molar-refractivity contribution < 1.29 is 9.26 Å². The fraction of sp³-hybridized carbons (Fsp3) is 0.375. The van der Waals surface area contributed by atoms with Crippen LogP contribution in [0.15, 0.2) is 15.4 Å². The first kappa shape index (κ1) is 10.1. The maximum Gasteiger partial charge on any atom is 0.321 e. The second kappa shape index (κ2) is 4.85. The van der Waals surface area contributed by atoms with Gasteiger partial charge in [0.1, 0.15) is 5.69 Å². The molecule has 0 aliphatic carbocycles. The van der Waals surface area contributed by atoms with E-state index in [1.54, 1.807) is 12.6 Å². The highest BCUT2D eigenvalue weighted by atomic mass is 32.1. The Kier molecular flexibility index (Phi) is 3.25. The van der Waals surface area contributed by atoms with E-state index in [1.165, 1.54) is 11.3 Å². The average molecular weight is 226 g/mol. The first-order valence-electron chi connectivity index (χ1n) is 4.35. The highest BCUT2D eigenvalue weighted by Crippen LogP contribution is 2.16. The molecule has 0 saturated heterocycles.